The first-order chi connectivity index (χ1) is 5.49. The molecule has 1 aromatic rings. The maximum Gasteiger partial charge on any atom is 0.316 e. The van der Waals surface area contributed by atoms with E-state index in [1.165, 1.54) is 0 Å². The van der Waals surface area contributed by atoms with E-state index >= 15 is 0 Å². The van der Waals surface area contributed by atoms with Crippen LogP contribution in [-0.2, 0) is 10.1 Å². The lowest BCUT2D eigenvalue weighted by atomic mass is 10.3. The first kappa shape index (κ1) is 13.5. The molecule has 3 nitrogen and oxygen atoms in total. The second-order valence-electron chi connectivity index (χ2n) is 2.22. The van der Waals surface area contributed by atoms with Gasteiger partial charge < -0.3 is 4.18 Å². The Morgan fingerprint density at radius 3 is 2.31 bits per heavy atom. The van der Waals surface area contributed by atoms with Gasteiger partial charge in [-0.05, 0) is 34.7 Å². The van der Waals surface area contributed by atoms with Gasteiger partial charge in [0.15, 0.2) is 5.75 Å². The smallest absolute Gasteiger partial charge is 0.316 e. The average Bonchev–Trinajstić information content (AvgIpc) is 1.91. The molecular weight excluding hydrogens is 315 g/mol. The van der Waals surface area contributed by atoms with Crippen molar-refractivity contribution in [1.29, 1.82) is 0 Å². The number of halogens is 1. The van der Waals surface area contributed by atoms with E-state index in [0.29, 0.717) is 5.75 Å². The molecule has 13 heavy (non-hydrogen) atoms. The molecule has 0 atom stereocenters. The summed E-state index contributed by atoms with van der Waals surface area (Å²) in [4.78, 5) is 0. The summed E-state index contributed by atoms with van der Waals surface area (Å²) in [7, 11) is -3.40. The van der Waals surface area contributed by atoms with Crippen LogP contribution in [0.4, 0.5) is 0 Å². The highest BCUT2D eigenvalue weighted by molar-refractivity contribution is 14.1. The van der Waals surface area contributed by atoms with Crippen molar-refractivity contribution in [2.24, 2.45) is 0 Å². The maximum absolute atomic E-state index is 10.7. The Hall–Kier alpha value is 0.466. The minimum absolute atomic E-state index is 0. The monoisotopic (exact) mass is 324 g/mol. The van der Waals surface area contributed by atoms with Gasteiger partial charge in [-0.25, -0.2) is 0 Å². The zero-order valence-electron chi connectivity index (χ0n) is 6.32. The van der Waals surface area contributed by atoms with Gasteiger partial charge in [-0.1, -0.05) is 12.1 Å². The fourth-order valence-corrected chi connectivity index (χ4v) is 1.79. The lowest BCUT2D eigenvalue weighted by Gasteiger charge is -2.03. The highest BCUT2D eigenvalue weighted by Gasteiger charge is 2.06. The van der Waals surface area contributed by atoms with Gasteiger partial charge in [-0.15, -0.1) is 0 Å². The number of rotatable bonds is 2. The minimum Gasteiger partial charge on any atom is -0.381 e. The number of para-hydroxylation sites is 1. The summed E-state index contributed by atoms with van der Waals surface area (Å²) in [5.41, 5.74) is 0. The first-order valence-corrected chi connectivity index (χ1v) is 6.02. The Morgan fingerprint density at radius 2 is 1.85 bits per heavy atom. The summed E-state index contributed by atoms with van der Waals surface area (Å²) < 4.78 is 26.9. The first-order valence-electron chi connectivity index (χ1n) is 3.13. The molecule has 0 radical (unpaired) electrons. The van der Waals surface area contributed by atoms with Crippen LogP contribution in [0.25, 0.3) is 0 Å². The summed E-state index contributed by atoms with van der Waals surface area (Å²) >= 11 is 2.01. The molecule has 70 valence electrons. The molecule has 1 rings (SSSR count). The number of hydrogen-bond donors (Lipinski definition) is 0. The van der Waals surface area contributed by atoms with Crippen LogP contribution < -0.4 is 4.18 Å². The predicted octanol–water partition coefficient (Wildman–Crippen LogP) is 0.713. The Kier molecular flexibility index (Phi) is 5.57. The number of hydrogen-bond acceptors (Lipinski definition) is 3. The summed E-state index contributed by atoms with van der Waals surface area (Å²) in [5.74, 6) is 0.376. The van der Waals surface area contributed by atoms with Crippen molar-refractivity contribution in [3.05, 3.63) is 27.8 Å². The van der Waals surface area contributed by atoms with Crippen LogP contribution in [0.5, 0.6) is 5.75 Å². The molecule has 6 heteroatoms. The zero-order valence-corrected chi connectivity index (χ0v) is 9.29. The van der Waals surface area contributed by atoms with Crippen LogP contribution in [-0.4, -0.2) is 37.7 Å². The third-order valence-corrected chi connectivity index (χ3v) is 2.45. The molecule has 0 aromatic heterocycles. The van der Waals surface area contributed by atoms with Gasteiger partial charge in [-0.3, -0.25) is 0 Å². The minimum atomic E-state index is -3.40. The Labute approximate surface area is 107 Å². The summed E-state index contributed by atoms with van der Waals surface area (Å²) in [5, 5.41) is 0. The van der Waals surface area contributed by atoms with Gasteiger partial charge in [-0.2, -0.15) is 8.42 Å². The average molecular weight is 324 g/mol. The van der Waals surface area contributed by atoms with Crippen molar-refractivity contribution < 1.29 is 12.6 Å². The van der Waals surface area contributed by atoms with E-state index in [-0.39, 0.29) is 23.1 Å². The molecule has 0 aliphatic heterocycles. The van der Waals surface area contributed by atoms with Gasteiger partial charge in [0, 0.05) is 0 Å². The second-order valence-corrected chi connectivity index (χ2v) is 4.95. The largest absolute Gasteiger partial charge is 0.381 e. The highest BCUT2D eigenvalue weighted by Crippen LogP contribution is 2.20. The van der Waals surface area contributed by atoms with Crippen LogP contribution in [0.15, 0.2) is 24.3 Å². The molecule has 0 spiro atoms. The topological polar surface area (TPSA) is 43.4 Å². The van der Waals surface area contributed by atoms with E-state index in [2.05, 4.69) is 0 Å². The van der Waals surface area contributed by atoms with Gasteiger partial charge in [0.1, 0.15) is 0 Å². The lowest BCUT2D eigenvalue weighted by Crippen LogP contribution is -2.06. The molecule has 0 unspecified atom stereocenters. The van der Waals surface area contributed by atoms with Crippen LogP contribution in [0.1, 0.15) is 0 Å². The van der Waals surface area contributed by atoms with Crippen LogP contribution in [0.3, 0.4) is 0 Å². The second kappa shape index (κ2) is 5.37. The van der Waals surface area contributed by atoms with E-state index in [0.717, 1.165) is 9.83 Å². The van der Waals surface area contributed by atoms with Gasteiger partial charge in [0.25, 0.3) is 0 Å². The highest BCUT2D eigenvalue weighted by atomic mass is 127. The van der Waals surface area contributed by atoms with Crippen LogP contribution >= 0.6 is 22.6 Å². The van der Waals surface area contributed by atoms with Crippen molar-refractivity contribution in [2.45, 2.75) is 0 Å². The van der Waals surface area contributed by atoms with Crippen molar-refractivity contribution in [3.8, 4) is 5.75 Å². The summed E-state index contributed by atoms with van der Waals surface area (Å²) in [6.07, 6.45) is 1.02. The van der Waals surface area contributed by atoms with Gasteiger partial charge >= 0.3 is 33.2 Å². The zero-order chi connectivity index (χ0) is 9.19. The molecule has 0 fully saturated rings. The molecule has 0 aliphatic rings. The van der Waals surface area contributed by atoms with Crippen molar-refractivity contribution in [3.63, 3.8) is 0 Å². The maximum atomic E-state index is 10.7. The van der Waals surface area contributed by atoms with E-state index in [9.17, 15) is 8.42 Å². The Morgan fingerprint density at radius 1 is 1.31 bits per heavy atom. The predicted molar refractivity (Wildman–Crippen MR) is 63.2 cm³/mol. The van der Waals surface area contributed by atoms with E-state index in [1.54, 1.807) is 18.2 Å². The standard InChI is InChI=1S/C7H7IO3S.Mg.2H/c1-12(9,10)11-7-5-3-2-4-6(7)8;;;/h2-5H,1H3;;;. The van der Waals surface area contributed by atoms with Crippen molar-refractivity contribution >= 4 is 55.8 Å². The number of benzene rings is 1. The normalized spacial score (nSPS) is 10.3. The molecule has 0 aliphatic carbocycles. The lowest BCUT2D eigenvalue weighted by molar-refractivity contribution is 0.491. The molecule has 1 aromatic carbocycles. The van der Waals surface area contributed by atoms with Crippen molar-refractivity contribution in [2.75, 3.05) is 6.26 Å². The molecule has 0 bridgehead atoms. The third-order valence-electron chi connectivity index (χ3n) is 1.08. The van der Waals surface area contributed by atoms with Crippen molar-refractivity contribution in [1.82, 2.24) is 0 Å². The summed E-state index contributed by atoms with van der Waals surface area (Å²) in [6.45, 7) is 0. The molecular formula is C7H9IMgO3S. The fourth-order valence-electron chi connectivity index (χ4n) is 0.675. The molecule has 0 amide bonds. The van der Waals surface area contributed by atoms with E-state index < -0.39 is 10.1 Å². The Balaban J connectivity index is 0.00000144. The molecule has 0 saturated carbocycles. The van der Waals surface area contributed by atoms with Crippen LogP contribution in [0, 0.1) is 3.57 Å². The van der Waals surface area contributed by atoms with Crippen LogP contribution in [0.2, 0.25) is 0 Å². The molecule has 0 saturated heterocycles. The quantitative estimate of drug-likeness (QED) is 0.457. The molecule has 0 N–H and O–H groups in total. The van der Waals surface area contributed by atoms with E-state index in [1.807, 2.05) is 28.7 Å². The van der Waals surface area contributed by atoms with Gasteiger partial charge in [0.2, 0.25) is 0 Å². The molecule has 0 heterocycles. The fraction of sp³-hybridized carbons (Fsp3) is 0.143. The summed E-state index contributed by atoms with van der Waals surface area (Å²) in [6, 6.07) is 6.93. The van der Waals surface area contributed by atoms with E-state index in [4.69, 9.17) is 4.18 Å². The SMILES string of the molecule is CS(=O)(=O)Oc1ccccc1I.[MgH2]. The third kappa shape index (κ3) is 5.04. The van der Waals surface area contributed by atoms with Gasteiger partial charge in [0.05, 0.1) is 9.83 Å². The Bertz CT molecular complexity index is 377.